The molecule has 0 heterocycles. The van der Waals surface area contributed by atoms with E-state index in [1.165, 1.54) is 25.7 Å². The van der Waals surface area contributed by atoms with Crippen LogP contribution in [0.4, 0.5) is 0 Å². The molecule has 2 aliphatic carbocycles. The molecule has 1 unspecified atom stereocenters. The van der Waals surface area contributed by atoms with Gasteiger partial charge < -0.3 is 5.11 Å². The smallest absolute Gasteiger partial charge is 0.328 e. The molecule has 1 N–H and O–H groups in total. The van der Waals surface area contributed by atoms with E-state index < -0.39 is 5.97 Å². The maximum atomic E-state index is 10.1. The average Bonchev–Trinajstić information content (AvgIpc) is 3.03. The standard InChI is InChI=1S/C9H8O2.C7H10/c10-9(11)7-6-8-4-2-1-3-5-8;1-2-7-4-3-6(1)5-7/h1-7H,(H,10,11);1,7H,2-5H2/b7-6+;. The second-order valence-electron chi connectivity index (χ2n) is 4.79. The summed E-state index contributed by atoms with van der Waals surface area (Å²) < 4.78 is 0. The molecule has 1 atom stereocenters. The average molecular weight is 242 g/mol. The van der Waals surface area contributed by atoms with Gasteiger partial charge in [-0.05, 0) is 43.2 Å². The van der Waals surface area contributed by atoms with Gasteiger partial charge in [0.2, 0.25) is 0 Å². The van der Waals surface area contributed by atoms with Gasteiger partial charge in [0.05, 0.1) is 0 Å². The molecule has 0 amide bonds. The first kappa shape index (κ1) is 12.6. The molecule has 0 aliphatic heterocycles. The van der Waals surface area contributed by atoms with Gasteiger partial charge in [-0.3, -0.25) is 0 Å². The number of benzene rings is 1. The molecule has 0 aromatic heterocycles. The zero-order valence-electron chi connectivity index (χ0n) is 10.4. The first-order valence-corrected chi connectivity index (χ1v) is 6.38. The summed E-state index contributed by atoms with van der Waals surface area (Å²) in [6.07, 6.45) is 10.9. The molecule has 1 fully saturated rings. The van der Waals surface area contributed by atoms with E-state index in [0.717, 1.165) is 17.6 Å². The van der Waals surface area contributed by atoms with Gasteiger partial charge in [-0.15, -0.1) is 0 Å². The van der Waals surface area contributed by atoms with Crippen LogP contribution >= 0.6 is 0 Å². The van der Waals surface area contributed by atoms with Crippen LogP contribution in [0.3, 0.4) is 0 Å². The number of rotatable bonds is 2. The van der Waals surface area contributed by atoms with Crippen molar-refractivity contribution in [3.63, 3.8) is 0 Å². The summed E-state index contributed by atoms with van der Waals surface area (Å²) in [5, 5.41) is 8.29. The fraction of sp³-hybridized carbons (Fsp3) is 0.312. The Morgan fingerprint density at radius 3 is 2.44 bits per heavy atom. The van der Waals surface area contributed by atoms with E-state index >= 15 is 0 Å². The summed E-state index contributed by atoms with van der Waals surface area (Å²) in [7, 11) is 0. The van der Waals surface area contributed by atoms with Gasteiger partial charge in [0.15, 0.2) is 0 Å². The number of carboxylic acids is 1. The lowest BCUT2D eigenvalue weighted by Gasteiger charge is -1.98. The van der Waals surface area contributed by atoms with E-state index in [0.29, 0.717) is 0 Å². The second kappa shape index (κ2) is 6.20. The molecule has 0 radical (unpaired) electrons. The predicted octanol–water partition coefficient (Wildman–Crippen LogP) is 3.90. The summed E-state index contributed by atoms with van der Waals surface area (Å²) in [5.41, 5.74) is 2.64. The van der Waals surface area contributed by atoms with E-state index in [-0.39, 0.29) is 0 Å². The van der Waals surface area contributed by atoms with Gasteiger partial charge in [-0.1, -0.05) is 42.0 Å². The van der Waals surface area contributed by atoms with Gasteiger partial charge in [0.25, 0.3) is 0 Å². The van der Waals surface area contributed by atoms with Gasteiger partial charge in [-0.25, -0.2) is 4.79 Å². The third-order valence-electron chi connectivity index (χ3n) is 3.38. The Labute approximate surface area is 108 Å². The summed E-state index contributed by atoms with van der Waals surface area (Å²) >= 11 is 0. The molecule has 3 rings (SSSR count). The Bertz CT molecular complexity index is 457. The summed E-state index contributed by atoms with van der Waals surface area (Å²) in [5.74, 6) is 0.156. The minimum Gasteiger partial charge on any atom is -0.478 e. The molecular formula is C16H18O2. The number of fused-ring (bicyclic) bond motifs is 2. The van der Waals surface area contributed by atoms with Crippen LogP contribution in [0, 0.1) is 5.92 Å². The lowest BCUT2D eigenvalue weighted by molar-refractivity contribution is -0.131. The van der Waals surface area contributed by atoms with Crippen LogP contribution in [-0.2, 0) is 4.79 Å². The van der Waals surface area contributed by atoms with E-state index in [1.54, 1.807) is 11.6 Å². The van der Waals surface area contributed by atoms with E-state index in [9.17, 15) is 4.79 Å². The summed E-state index contributed by atoms with van der Waals surface area (Å²) in [6.45, 7) is 0. The number of hydrogen-bond acceptors (Lipinski definition) is 1. The molecule has 0 spiro atoms. The van der Waals surface area contributed by atoms with Crippen LogP contribution in [0.25, 0.3) is 6.08 Å². The highest BCUT2D eigenvalue weighted by Gasteiger charge is 2.22. The van der Waals surface area contributed by atoms with Crippen molar-refractivity contribution in [3.8, 4) is 0 Å². The SMILES string of the molecule is C1=C2CCC(C1)C2.O=C(O)/C=C/c1ccccc1. The molecule has 2 nitrogen and oxygen atoms in total. The maximum absolute atomic E-state index is 10.1. The quantitative estimate of drug-likeness (QED) is 0.630. The van der Waals surface area contributed by atoms with Gasteiger partial charge in [0, 0.05) is 6.08 Å². The third-order valence-corrected chi connectivity index (χ3v) is 3.38. The van der Waals surface area contributed by atoms with Gasteiger partial charge in [0.1, 0.15) is 0 Å². The van der Waals surface area contributed by atoms with Crippen molar-refractivity contribution >= 4 is 12.0 Å². The lowest BCUT2D eigenvalue weighted by Crippen LogP contribution is -1.85. The first-order valence-electron chi connectivity index (χ1n) is 6.38. The monoisotopic (exact) mass is 242 g/mol. The van der Waals surface area contributed by atoms with Crippen molar-refractivity contribution in [2.45, 2.75) is 25.7 Å². The fourth-order valence-corrected chi connectivity index (χ4v) is 2.42. The molecule has 1 saturated carbocycles. The van der Waals surface area contributed by atoms with Crippen LogP contribution in [0.2, 0.25) is 0 Å². The Balaban J connectivity index is 0.000000146. The molecule has 2 aliphatic rings. The largest absolute Gasteiger partial charge is 0.478 e. The molecule has 1 aromatic rings. The van der Waals surface area contributed by atoms with E-state index in [2.05, 4.69) is 6.08 Å². The highest BCUT2D eigenvalue weighted by molar-refractivity contribution is 5.85. The topological polar surface area (TPSA) is 37.3 Å². The van der Waals surface area contributed by atoms with Crippen LogP contribution in [0.1, 0.15) is 31.2 Å². The Morgan fingerprint density at radius 1 is 1.28 bits per heavy atom. The van der Waals surface area contributed by atoms with Crippen molar-refractivity contribution in [1.29, 1.82) is 0 Å². The molecule has 1 aromatic carbocycles. The minimum atomic E-state index is -0.922. The Hall–Kier alpha value is -1.83. The lowest BCUT2D eigenvalue weighted by atomic mass is 10.1. The molecule has 0 saturated heterocycles. The zero-order chi connectivity index (χ0) is 12.8. The highest BCUT2D eigenvalue weighted by Crippen LogP contribution is 2.38. The number of aliphatic carboxylic acids is 1. The van der Waals surface area contributed by atoms with Crippen molar-refractivity contribution in [3.05, 3.63) is 53.6 Å². The van der Waals surface area contributed by atoms with Crippen molar-refractivity contribution < 1.29 is 9.90 Å². The van der Waals surface area contributed by atoms with Crippen LogP contribution < -0.4 is 0 Å². The number of allylic oxidation sites excluding steroid dienone is 2. The molecule has 94 valence electrons. The van der Waals surface area contributed by atoms with Crippen LogP contribution in [0.15, 0.2) is 48.1 Å². The maximum Gasteiger partial charge on any atom is 0.328 e. The number of carbonyl (C=O) groups is 1. The van der Waals surface area contributed by atoms with Gasteiger partial charge in [-0.2, -0.15) is 0 Å². The normalized spacial score (nSPS) is 20.4. The molecule has 2 bridgehead atoms. The van der Waals surface area contributed by atoms with E-state index in [4.69, 9.17) is 5.11 Å². The predicted molar refractivity (Wildman–Crippen MR) is 73.2 cm³/mol. The molecule has 2 heteroatoms. The number of carboxylic acid groups (broad SMARTS) is 1. The Kier molecular flexibility index (Phi) is 4.35. The van der Waals surface area contributed by atoms with Crippen molar-refractivity contribution in [1.82, 2.24) is 0 Å². The second-order valence-corrected chi connectivity index (χ2v) is 4.79. The van der Waals surface area contributed by atoms with E-state index in [1.807, 2.05) is 30.3 Å². The Morgan fingerprint density at radius 2 is 2.06 bits per heavy atom. The molecule has 18 heavy (non-hydrogen) atoms. The minimum absolute atomic E-state index is 0.898. The first-order chi connectivity index (χ1) is 8.74. The zero-order valence-corrected chi connectivity index (χ0v) is 10.4. The summed E-state index contributed by atoms with van der Waals surface area (Å²) in [4.78, 5) is 10.1. The highest BCUT2D eigenvalue weighted by atomic mass is 16.4. The summed E-state index contributed by atoms with van der Waals surface area (Å²) in [6, 6.07) is 9.31. The fourth-order valence-electron chi connectivity index (χ4n) is 2.42. The van der Waals surface area contributed by atoms with Crippen LogP contribution in [0.5, 0.6) is 0 Å². The molecular weight excluding hydrogens is 224 g/mol. The van der Waals surface area contributed by atoms with Crippen LogP contribution in [-0.4, -0.2) is 11.1 Å². The number of hydrogen-bond donors (Lipinski definition) is 1. The van der Waals surface area contributed by atoms with Gasteiger partial charge >= 0.3 is 5.97 Å². The third kappa shape index (κ3) is 3.88. The van der Waals surface area contributed by atoms with Crippen molar-refractivity contribution in [2.75, 3.05) is 0 Å². The van der Waals surface area contributed by atoms with Crippen molar-refractivity contribution in [2.24, 2.45) is 5.92 Å².